The maximum absolute atomic E-state index is 12.3. The second kappa shape index (κ2) is 8.70. The quantitative estimate of drug-likeness (QED) is 0.647. The fourth-order valence-corrected chi connectivity index (χ4v) is 4.90. The Labute approximate surface area is 180 Å². The van der Waals surface area contributed by atoms with Gasteiger partial charge in [0.15, 0.2) is 5.82 Å². The molecule has 168 valence electrons. The minimum atomic E-state index is -0.858. The van der Waals surface area contributed by atoms with Crippen LogP contribution in [0.3, 0.4) is 0 Å². The van der Waals surface area contributed by atoms with Gasteiger partial charge in [0.05, 0.1) is 12.6 Å². The third-order valence-corrected chi connectivity index (χ3v) is 6.56. The molecule has 10 nitrogen and oxygen atoms in total. The highest BCUT2D eigenvalue weighted by atomic mass is 16.5. The first kappa shape index (κ1) is 21.4. The number of aryl methyl sites for hydroxylation is 1. The Morgan fingerprint density at radius 2 is 2.16 bits per heavy atom. The predicted molar refractivity (Wildman–Crippen MR) is 113 cm³/mol. The Kier molecular flexibility index (Phi) is 5.99. The highest BCUT2D eigenvalue weighted by Crippen LogP contribution is 2.41. The molecule has 2 aromatic heterocycles. The summed E-state index contributed by atoms with van der Waals surface area (Å²) in [5.41, 5.74) is 1.38. The lowest BCUT2D eigenvalue weighted by Gasteiger charge is -2.45. The number of carboxylic acid groups (broad SMARTS) is 1. The van der Waals surface area contributed by atoms with Crippen molar-refractivity contribution in [3.8, 4) is 0 Å². The van der Waals surface area contributed by atoms with E-state index in [4.69, 9.17) is 4.74 Å². The van der Waals surface area contributed by atoms with Crippen molar-refractivity contribution in [2.45, 2.75) is 62.9 Å². The Balaban J connectivity index is 1.37. The lowest BCUT2D eigenvalue weighted by molar-refractivity contribution is -0.115. The van der Waals surface area contributed by atoms with Gasteiger partial charge < -0.3 is 15.2 Å². The number of H-pyrrole nitrogens is 1. The smallest absolute Gasteiger partial charge is 0.408 e. The molecule has 2 fully saturated rings. The summed E-state index contributed by atoms with van der Waals surface area (Å²) >= 11 is 0. The number of carbonyl (C=O) groups is 2. The van der Waals surface area contributed by atoms with E-state index in [2.05, 4.69) is 20.6 Å². The second-order valence-corrected chi connectivity index (χ2v) is 8.88. The molecule has 3 N–H and O–H groups in total. The zero-order chi connectivity index (χ0) is 22.0. The number of amides is 2. The highest BCUT2D eigenvalue weighted by molar-refractivity contribution is 5.91. The minimum Gasteiger partial charge on any atom is -0.465 e. The molecule has 2 unspecified atom stereocenters. The van der Waals surface area contributed by atoms with Crippen LogP contribution < -0.4 is 5.32 Å². The van der Waals surface area contributed by atoms with E-state index in [0.717, 1.165) is 43.4 Å². The molecule has 2 aliphatic rings. The lowest BCUT2D eigenvalue weighted by atomic mass is 9.88. The van der Waals surface area contributed by atoms with Crippen molar-refractivity contribution in [2.75, 3.05) is 18.5 Å². The van der Waals surface area contributed by atoms with Crippen LogP contribution in [-0.4, -0.2) is 66.8 Å². The molecule has 2 amide bonds. The summed E-state index contributed by atoms with van der Waals surface area (Å²) in [5.74, 6) is 0.519. The number of ether oxygens (including phenoxy) is 1. The van der Waals surface area contributed by atoms with Crippen molar-refractivity contribution in [2.24, 2.45) is 7.05 Å². The molecule has 3 heterocycles. The van der Waals surface area contributed by atoms with Crippen LogP contribution in [-0.2, 0) is 23.0 Å². The molecule has 1 saturated heterocycles. The summed E-state index contributed by atoms with van der Waals surface area (Å²) in [4.78, 5) is 26.1. The molecular formula is C21H30N6O4. The van der Waals surface area contributed by atoms with Crippen molar-refractivity contribution in [1.82, 2.24) is 24.9 Å². The molecule has 0 radical (unpaired) electrons. The van der Waals surface area contributed by atoms with Gasteiger partial charge >= 0.3 is 6.09 Å². The normalized spacial score (nSPS) is 22.9. The van der Waals surface area contributed by atoms with E-state index in [1.807, 2.05) is 20.0 Å². The second-order valence-electron chi connectivity index (χ2n) is 8.88. The van der Waals surface area contributed by atoms with E-state index in [1.54, 1.807) is 22.0 Å². The van der Waals surface area contributed by atoms with Gasteiger partial charge in [0.1, 0.15) is 0 Å². The van der Waals surface area contributed by atoms with E-state index in [9.17, 15) is 14.7 Å². The summed E-state index contributed by atoms with van der Waals surface area (Å²) < 4.78 is 7.11. The maximum Gasteiger partial charge on any atom is 0.408 e. The molecule has 0 spiro atoms. The van der Waals surface area contributed by atoms with Crippen molar-refractivity contribution >= 4 is 17.8 Å². The summed E-state index contributed by atoms with van der Waals surface area (Å²) in [6.07, 6.45) is 6.73. The van der Waals surface area contributed by atoms with Gasteiger partial charge in [-0.25, -0.2) is 4.79 Å². The van der Waals surface area contributed by atoms with Crippen LogP contribution >= 0.6 is 0 Å². The van der Waals surface area contributed by atoms with E-state index in [-0.39, 0.29) is 29.8 Å². The standard InChI is InChI=1S/C21H30N6O4/c1-21(5-7-31-8-6-21)27(20(29)30)16-4-3-15(10-16)17-11-18(25-24-17)23-19(28)9-14-12-22-26(2)13-14/h11-13,15-16H,3-10H2,1-2H3,(H,29,30)(H2,23,24,25,28). The molecule has 2 atom stereocenters. The molecule has 31 heavy (non-hydrogen) atoms. The molecule has 1 saturated carbocycles. The Morgan fingerprint density at radius 1 is 1.39 bits per heavy atom. The van der Waals surface area contributed by atoms with Crippen molar-refractivity contribution in [3.05, 3.63) is 29.7 Å². The first-order valence-corrected chi connectivity index (χ1v) is 10.8. The van der Waals surface area contributed by atoms with Crippen molar-refractivity contribution < 1.29 is 19.4 Å². The van der Waals surface area contributed by atoms with Gasteiger partial charge in [-0.1, -0.05) is 0 Å². The largest absolute Gasteiger partial charge is 0.465 e. The molecule has 2 aromatic rings. The van der Waals surface area contributed by atoms with E-state index < -0.39 is 6.09 Å². The molecule has 0 bridgehead atoms. The van der Waals surface area contributed by atoms with Gasteiger partial charge in [0, 0.05) is 55.7 Å². The molecule has 4 rings (SSSR count). The average molecular weight is 431 g/mol. The minimum absolute atomic E-state index is 0.0301. The van der Waals surface area contributed by atoms with Crippen LogP contribution in [0.4, 0.5) is 10.6 Å². The Hall–Kier alpha value is -2.88. The van der Waals surface area contributed by atoms with Gasteiger partial charge in [-0.3, -0.25) is 19.5 Å². The van der Waals surface area contributed by atoms with Gasteiger partial charge in [-0.2, -0.15) is 10.2 Å². The fourth-order valence-electron chi connectivity index (χ4n) is 4.90. The zero-order valence-corrected chi connectivity index (χ0v) is 18.0. The van der Waals surface area contributed by atoms with Gasteiger partial charge in [0.25, 0.3) is 0 Å². The van der Waals surface area contributed by atoms with Crippen LogP contribution in [0.1, 0.15) is 56.2 Å². The van der Waals surface area contributed by atoms with Crippen LogP contribution in [0.5, 0.6) is 0 Å². The van der Waals surface area contributed by atoms with Crippen molar-refractivity contribution in [3.63, 3.8) is 0 Å². The van der Waals surface area contributed by atoms with E-state index >= 15 is 0 Å². The monoisotopic (exact) mass is 430 g/mol. The first-order valence-electron chi connectivity index (χ1n) is 10.8. The van der Waals surface area contributed by atoms with Gasteiger partial charge in [0.2, 0.25) is 5.91 Å². The number of carbonyl (C=O) groups excluding carboxylic acids is 1. The number of hydrogen-bond acceptors (Lipinski definition) is 5. The van der Waals surface area contributed by atoms with Crippen LogP contribution in [0.2, 0.25) is 0 Å². The van der Waals surface area contributed by atoms with E-state index in [0.29, 0.717) is 19.0 Å². The molecule has 1 aliphatic carbocycles. The Morgan fingerprint density at radius 3 is 2.84 bits per heavy atom. The molecule has 0 aromatic carbocycles. The Bertz CT molecular complexity index is 932. The molecule has 1 aliphatic heterocycles. The first-order chi connectivity index (χ1) is 14.8. The number of nitrogens with zero attached hydrogens (tertiary/aromatic N) is 4. The van der Waals surface area contributed by atoms with Crippen LogP contribution in [0.15, 0.2) is 18.5 Å². The molecular weight excluding hydrogens is 400 g/mol. The number of aromatic amines is 1. The van der Waals surface area contributed by atoms with Gasteiger partial charge in [-0.15, -0.1) is 0 Å². The topological polar surface area (TPSA) is 125 Å². The zero-order valence-electron chi connectivity index (χ0n) is 18.0. The summed E-state index contributed by atoms with van der Waals surface area (Å²) in [6, 6.07) is 1.83. The highest BCUT2D eigenvalue weighted by Gasteiger charge is 2.44. The predicted octanol–water partition coefficient (Wildman–Crippen LogP) is 2.51. The van der Waals surface area contributed by atoms with Crippen molar-refractivity contribution in [1.29, 1.82) is 0 Å². The summed E-state index contributed by atoms with van der Waals surface area (Å²) in [6.45, 7) is 3.22. The fraction of sp³-hybridized carbons (Fsp3) is 0.619. The lowest BCUT2D eigenvalue weighted by Crippen LogP contribution is -2.56. The molecule has 10 heteroatoms. The third-order valence-electron chi connectivity index (χ3n) is 6.56. The maximum atomic E-state index is 12.3. The third kappa shape index (κ3) is 4.73. The number of rotatable bonds is 6. The average Bonchev–Trinajstić information content (AvgIpc) is 3.44. The summed E-state index contributed by atoms with van der Waals surface area (Å²) in [5, 5.41) is 24.1. The number of aromatic nitrogens is 4. The number of anilines is 1. The summed E-state index contributed by atoms with van der Waals surface area (Å²) in [7, 11) is 1.81. The SMILES string of the molecule is Cn1cc(CC(=O)Nc2cc(C3CCC(N(C(=O)O)C4(C)CCOCC4)C3)[nH]n2)cn1. The van der Waals surface area contributed by atoms with Crippen LogP contribution in [0, 0.1) is 0 Å². The van der Waals surface area contributed by atoms with Crippen LogP contribution in [0.25, 0.3) is 0 Å². The number of nitrogens with one attached hydrogen (secondary N) is 2. The van der Waals surface area contributed by atoms with Gasteiger partial charge in [-0.05, 0) is 44.6 Å². The van der Waals surface area contributed by atoms with E-state index in [1.165, 1.54) is 0 Å². The number of hydrogen-bond donors (Lipinski definition) is 3.